The minimum atomic E-state index is -0.699. The molecule has 1 heterocycles. The summed E-state index contributed by atoms with van der Waals surface area (Å²) >= 11 is 0. The van der Waals surface area contributed by atoms with E-state index in [4.69, 9.17) is 14.2 Å². The minimum absolute atomic E-state index is 0.0524. The summed E-state index contributed by atoms with van der Waals surface area (Å²) in [5.74, 6) is 1.30. The Morgan fingerprint density at radius 1 is 1.11 bits per heavy atom. The molecule has 0 aliphatic carbocycles. The van der Waals surface area contributed by atoms with E-state index in [-0.39, 0.29) is 5.78 Å². The van der Waals surface area contributed by atoms with Gasteiger partial charge in [-0.05, 0) is 75.1 Å². The molecule has 2 aromatic carbocycles. The number of para-hydroxylation sites is 1. The molecule has 0 amide bonds. The van der Waals surface area contributed by atoms with Crippen LogP contribution in [0.1, 0.15) is 42.6 Å². The third-order valence-electron chi connectivity index (χ3n) is 4.65. The number of ether oxygens (including phenoxy) is 3. The van der Waals surface area contributed by atoms with Crippen molar-refractivity contribution < 1.29 is 23.8 Å². The van der Waals surface area contributed by atoms with Crippen LogP contribution >= 0.6 is 0 Å². The van der Waals surface area contributed by atoms with Crippen LogP contribution in [-0.4, -0.2) is 25.0 Å². The van der Waals surface area contributed by atoms with Gasteiger partial charge >= 0.3 is 5.97 Å². The number of hydrogen-bond donors (Lipinski definition) is 0. The maximum atomic E-state index is 12.6. The number of ketones is 1. The predicted molar refractivity (Wildman–Crippen MR) is 106 cm³/mol. The van der Waals surface area contributed by atoms with Gasteiger partial charge in [0.05, 0.1) is 12.7 Å². The Morgan fingerprint density at radius 3 is 2.68 bits per heavy atom. The Kier molecular flexibility index (Phi) is 6.14. The fourth-order valence-corrected chi connectivity index (χ4v) is 3.15. The van der Waals surface area contributed by atoms with Crippen molar-refractivity contribution in [3.05, 3.63) is 65.2 Å². The number of carbonyl (C=O) groups excluding carboxylic acids is 2. The molecule has 1 aliphatic rings. The van der Waals surface area contributed by atoms with E-state index in [1.807, 2.05) is 31.2 Å². The number of benzene rings is 2. The summed E-state index contributed by atoms with van der Waals surface area (Å²) in [7, 11) is 1.33. The van der Waals surface area contributed by atoms with Gasteiger partial charge < -0.3 is 14.2 Å². The molecule has 146 valence electrons. The highest BCUT2D eigenvalue weighted by Gasteiger charge is 2.18. The Balaban J connectivity index is 1.96. The standard InChI is InChI=1S/C23H24O5/c1-15-7-6-8-17-14-18(27-16(2)23(25)26-3)11-12-21(17)28-22-10-5-4-9-19(22)20(24)13-15/h4-5,9-14,16H,6-8H2,1-3H3/b15-13-/t16-/m0/s1. The normalized spacial score (nSPS) is 17.0. The van der Waals surface area contributed by atoms with Gasteiger partial charge in [-0.3, -0.25) is 4.79 Å². The molecule has 1 atom stereocenters. The highest BCUT2D eigenvalue weighted by Crippen LogP contribution is 2.33. The van der Waals surface area contributed by atoms with Gasteiger partial charge in [0.1, 0.15) is 17.2 Å². The van der Waals surface area contributed by atoms with Crippen molar-refractivity contribution in [2.45, 2.75) is 39.2 Å². The number of esters is 1. The predicted octanol–water partition coefficient (Wildman–Crippen LogP) is 4.88. The first-order valence-electron chi connectivity index (χ1n) is 9.33. The fraction of sp³-hybridized carbons (Fsp3) is 0.304. The number of fused-ring (bicyclic) bond motifs is 2. The monoisotopic (exact) mass is 380 g/mol. The van der Waals surface area contributed by atoms with Crippen molar-refractivity contribution in [1.82, 2.24) is 0 Å². The molecule has 0 saturated heterocycles. The topological polar surface area (TPSA) is 61.8 Å². The SMILES string of the molecule is COC(=O)[C@H](C)Oc1ccc2c(c1)CCC/C(C)=C\C(=O)c1ccccc1O2. The summed E-state index contributed by atoms with van der Waals surface area (Å²) in [6, 6.07) is 12.7. The summed E-state index contributed by atoms with van der Waals surface area (Å²) in [5, 5.41) is 0. The Morgan fingerprint density at radius 2 is 1.89 bits per heavy atom. The molecular weight excluding hydrogens is 356 g/mol. The summed E-state index contributed by atoms with van der Waals surface area (Å²) < 4.78 is 16.5. The first-order valence-corrected chi connectivity index (χ1v) is 9.33. The molecule has 5 heteroatoms. The van der Waals surface area contributed by atoms with E-state index in [2.05, 4.69) is 0 Å². The molecule has 0 saturated carbocycles. The van der Waals surface area contributed by atoms with E-state index >= 15 is 0 Å². The Bertz CT molecular complexity index is 913. The molecule has 0 N–H and O–H groups in total. The van der Waals surface area contributed by atoms with Gasteiger partial charge in [0.2, 0.25) is 0 Å². The summed E-state index contributed by atoms with van der Waals surface area (Å²) in [6.45, 7) is 3.62. The molecule has 0 unspecified atom stereocenters. The average Bonchev–Trinajstić information content (AvgIpc) is 2.70. The Hall–Kier alpha value is -3.08. The Labute approximate surface area is 164 Å². The molecule has 1 aliphatic heterocycles. The van der Waals surface area contributed by atoms with Gasteiger partial charge in [0.15, 0.2) is 11.9 Å². The van der Waals surface area contributed by atoms with Crippen LogP contribution in [-0.2, 0) is 16.0 Å². The smallest absolute Gasteiger partial charge is 0.346 e. The third kappa shape index (κ3) is 4.60. The van der Waals surface area contributed by atoms with E-state index in [1.54, 1.807) is 31.2 Å². The largest absolute Gasteiger partial charge is 0.479 e. The number of allylic oxidation sites excluding steroid dienone is 2. The lowest BCUT2D eigenvalue weighted by Crippen LogP contribution is -2.24. The van der Waals surface area contributed by atoms with Gasteiger partial charge in [-0.1, -0.05) is 17.7 Å². The van der Waals surface area contributed by atoms with Crippen LogP contribution in [0.5, 0.6) is 17.2 Å². The van der Waals surface area contributed by atoms with E-state index in [1.165, 1.54) is 7.11 Å². The first kappa shape index (κ1) is 19.7. The lowest BCUT2D eigenvalue weighted by Gasteiger charge is -2.16. The van der Waals surface area contributed by atoms with Crippen molar-refractivity contribution in [2.24, 2.45) is 0 Å². The van der Waals surface area contributed by atoms with Crippen LogP contribution in [0.2, 0.25) is 0 Å². The van der Waals surface area contributed by atoms with E-state index in [9.17, 15) is 9.59 Å². The molecule has 0 radical (unpaired) electrons. The van der Waals surface area contributed by atoms with Crippen LogP contribution < -0.4 is 9.47 Å². The minimum Gasteiger partial charge on any atom is -0.479 e. The molecule has 0 spiro atoms. The first-order chi connectivity index (χ1) is 13.5. The molecule has 2 aromatic rings. The highest BCUT2D eigenvalue weighted by atomic mass is 16.6. The van der Waals surface area contributed by atoms with Crippen LogP contribution in [0.15, 0.2) is 54.1 Å². The maximum absolute atomic E-state index is 12.6. The second-order valence-electron chi connectivity index (χ2n) is 6.86. The van der Waals surface area contributed by atoms with E-state index in [0.717, 1.165) is 30.4 Å². The molecule has 0 bridgehead atoms. The molecule has 0 fully saturated rings. The summed E-state index contributed by atoms with van der Waals surface area (Å²) in [4.78, 5) is 24.2. The lowest BCUT2D eigenvalue weighted by molar-refractivity contribution is -0.147. The van der Waals surface area contributed by atoms with Gasteiger partial charge in [0.25, 0.3) is 0 Å². The molecule has 0 aromatic heterocycles. The molecular formula is C23H24O5. The van der Waals surface area contributed by atoms with E-state index < -0.39 is 12.1 Å². The second kappa shape index (κ2) is 8.74. The fourth-order valence-electron chi connectivity index (χ4n) is 3.15. The van der Waals surface area contributed by atoms with Crippen molar-refractivity contribution in [3.63, 3.8) is 0 Å². The van der Waals surface area contributed by atoms with Crippen molar-refractivity contribution in [3.8, 4) is 17.2 Å². The van der Waals surface area contributed by atoms with Gasteiger partial charge in [-0.25, -0.2) is 4.79 Å². The van der Waals surface area contributed by atoms with Crippen LogP contribution in [0.25, 0.3) is 0 Å². The number of carbonyl (C=O) groups is 2. The van der Waals surface area contributed by atoms with Gasteiger partial charge in [0, 0.05) is 0 Å². The van der Waals surface area contributed by atoms with Crippen molar-refractivity contribution in [1.29, 1.82) is 0 Å². The molecule has 3 rings (SSSR count). The lowest BCUT2D eigenvalue weighted by atomic mass is 10.0. The number of rotatable bonds is 3. The van der Waals surface area contributed by atoms with Crippen LogP contribution in [0.3, 0.4) is 0 Å². The average molecular weight is 380 g/mol. The molecule has 28 heavy (non-hydrogen) atoms. The van der Waals surface area contributed by atoms with E-state index in [0.29, 0.717) is 22.8 Å². The van der Waals surface area contributed by atoms with Crippen molar-refractivity contribution >= 4 is 11.8 Å². The maximum Gasteiger partial charge on any atom is 0.346 e. The molecule has 5 nitrogen and oxygen atoms in total. The zero-order valence-electron chi connectivity index (χ0n) is 16.4. The number of methoxy groups -OCH3 is 1. The summed E-state index contributed by atoms with van der Waals surface area (Å²) in [6.07, 6.45) is 3.44. The number of aryl methyl sites for hydroxylation is 1. The van der Waals surface area contributed by atoms with Crippen molar-refractivity contribution in [2.75, 3.05) is 7.11 Å². The quantitative estimate of drug-likeness (QED) is 0.710. The van der Waals surface area contributed by atoms with Gasteiger partial charge in [-0.15, -0.1) is 0 Å². The van der Waals surface area contributed by atoms with Crippen LogP contribution in [0, 0.1) is 0 Å². The zero-order chi connectivity index (χ0) is 20.1. The summed E-state index contributed by atoms with van der Waals surface area (Å²) in [5.41, 5.74) is 2.54. The van der Waals surface area contributed by atoms with Crippen LogP contribution in [0.4, 0.5) is 0 Å². The zero-order valence-corrected chi connectivity index (χ0v) is 16.4. The van der Waals surface area contributed by atoms with Gasteiger partial charge in [-0.2, -0.15) is 0 Å². The highest BCUT2D eigenvalue weighted by molar-refractivity contribution is 6.06. The number of hydrogen-bond acceptors (Lipinski definition) is 5. The third-order valence-corrected chi connectivity index (χ3v) is 4.65. The second-order valence-corrected chi connectivity index (χ2v) is 6.86.